The first-order valence-electron chi connectivity index (χ1n) is 7.05. The monoisotopic (exact) mass is 431 g/mol. The molecule has 2 nitrogen and oxygen atoms in total. The Labute approximate surface area is 147 Å². The molecule has 114 valence electrons. The topological polar surface area (TPSA) is 21.3 Å². The van der Waals surface area contributed by atoms with Crippen LogP contribution in [-0.2, 0) is 0 Å². The van der Waals surface area contributed by atoms with Crippen molar-refractivity contribution in [1.29, 1.82) is 0 Å². The molecular weight excluding hydrogens is 414 g/mol. The molecular formula is C16H19Br2NOS. The third-order valence-corrected chi connectivity index (χ3v) is 5.65. The average Bonchev–Trinajstić information content (AvgIpc) is 2.89. The van der Waals surface area contributed by atoms with Crippen LogP contribution in [0.3, 0.4) is 0 Å². The second-order valence-electron chi connectivity index (χ2n) is 4.64. The summed E-state index contributed by atoms with van der Waals surface area (Å²) in [6.45, 7) is 5.84. The summed E-state index contributed by atoms with van der Waals surface area (Å²) in [7, 11) is 0. The molecule has 2 rings (SSSR count). The van der Waals surface area contributed by atoms with Crippen LogP contribution in [0.15, 0.2) is 38.6 Å². The molecule has 5 heteroatoms. The Bertz CT molecular complexity index is 585. The lowest BCUT2D eigenvalue weighted by Gasteiger charge is -2.19. The molecule has 1 aromatic carbocycles. The van der Waals surface area contributed by atoms with Crippen molar-refractivity contribution in [3.8, 4) is 5.75 Å². The third kappa shape index (κ3) is 4.31. The summed E-state index contributed by atoms with van der Waals surface area (Å²) in [6.07, 6.45) is 1.11. The van der Waals surface area contributed by atoms with E-state index in [1.165, 1.54) is 10.4 Å². The van der Waals surface area contributed by atoms with Crippen molar-refractivity contribution in [2.45, 2.75) is 26.3 Å². The number of halogens is 2. The Morgan fingerprint density at radius 1 is 1.19 bits per heavy atom. The van der Waals surface area contributed by atoms with Crippen LogP contribution in [0.2, 0.25) is 0 Å². The van der Waals surface area contributed by atoms with Crippen molar-refractivity contribution in [1.82, 2.24) is 5.32 Å². The summed E-state index contributed by atoms with van der Waals surface area (Å²) in [4.78, 5) is 1.31. The van der Waals surface area contributed by atoms with Crippen molar-refractivity contribution in [3.63, 3.8) is 0 Å². The molecule has 0 aliphatic heterocycles. The number of benzene rings is 1. The number of hydrogen-bond acceptors (Lipinski definition) is 3. The third-order valence-electron chi connectivity index (χ3n) is 3.09. The molecule has 1 atom stereocenters. The molecule has 1 aromatic heterocycles. The van der Waals surface area contributed by atoms with Gasteiger partial charge in [-0.1, -0.05) is 13.0 Å². The number of ether oxygens (including phenoxy) is 1. The highest BCUT2D eigenvalue weighted by molar-refractivity contribution is 9.10. The van der Waals surface area contributed by atoms with E-state index in [9.17, 15) is 0 Å². The van der Waals surface area contributed by atoms with Crippen molar-refractivity contribution in [2.75, 3.05) is 13.2 Å². The van der Waals surface area contributed by atoms with Gasteiger partial charge in [0.05, 0.1) is 17.1 Å². The van der Waals surface area contributed by atoms with Crippen LogP contribution in [0.5, 0.6) is 5.75 Å². The summed E-state index contributed by atoms with van der Waals surface area (Å²) < 4.78 is 7.75. The van der Waals surface area contributed by atoms with E-state index in [1.807, 2.05) is 13.0 Å². The van der Waals surface area contributed by atoms with Crippen LogP contribution in [0.4, 0.5) is 0 Å². The van der Waals surface area contributed by atoms with E-state index in [4.69, 9.17) is 4.74 Å². The molecule has 0 aliphatic carbocycles. The van der Waals surface area contributed by atoms with Gasteiger partial charge in [-0.3, -0.25) is 0 Å². The minimum Gasteiger partial charge on any atom is -0.493 e. The van der Waals surface area contributed by atoms with E-state index >= 15 is 0 Å². The quantitative estimate of drug-likeness (QED) is 0.600. The molecule has 0 amide bonds. The minimum atomic E-state index is 0.200. The Morgan fingerprint density at radius 2 is 2.00 bits per heavy atom. The molecule has 2 aromatic rings. The van der Waals surface area contributed by atoms with E-state index in [0.717, 1.165) is 27.7 Å². The fourth-order valence-electron chi connectivity index (χ4n) is 2.13. The van der Waals surface area contributed by atoms with Crippen molar-refractivity contribution >= 4 is 43.2 Å². The van der Waals surface area contributed by atoms with Gasteiger partial charge in [-0.05, 0) is 80.9 Å². The molecule has 0 saturated heterocycles. The molecule has 1 heterocycles. The normalized spacial score (nSPS) is 12.4. The lowest BCUT2D eigenvalue weighted by atomic mass is 10.0. The summed E-state index contributed by atoms with van der Waals surface area (Å²) in [5.74, 6) is 0.890. The minimum absolute atomic E-state index is 0.200. The maximum atomic E-state index is 5.59. The van der Waals surface area contributed by atoms with Crippen LogP contribution in [0.25, 0.3) is 0 Å². The van der Waals surface area contributed by atoms with E-state index in [1.54, 1.807) is 11.3 Å². The Hall–Kier alpha value is -0.360. The fourth-order valence-corrected chi connectivity index (χ4v) is 4.35. The summed E-state index contributed by atoms with van der Waals surface area (Å²) in [6, 6.07) is 8.61. The zero-order valence-corrected chi connectivity index (χ0v) is 16.1. The first kappa shape index (κ1) is 17.0. The summed E-state index contributed by atoms with van der Waals surface area (Å²) in [5, 5.41) is 5.74. The Morgan fingerprint density at radius 3 is 2.57 bits per heavy atom. The highest BCUT2D eigenvalue weighted by Crippen LogP contribution is 2.36. The highest BCUT2D eigenvalue weighted by atomic mass is 79.9. The van der Waals surface area contributed by atoms with Gasteiger partial charge in [-0.2, -0.15) is 0 Å². The van der Waals surface area contributed by atoms with Crippen molar-refractivity contribution in [2.24, 2.45) is 0 Å². The van der Waals surface area contributed by atoms with Gasteiger partial charge in [0.25, 0.3) is 0 Å². The highest BCUT2D eigenvalue weighted by Gasteiger charge is 2.18. The molecule has 0 aliphatic rings. The Balaban J connectivity index is 2.33. The van der Waals surface area contributed by atoms with Crippen molar-refractivity contribution in [3.05, 3.63) is 49.0 Å². The van der Waals surface area contributed by atoms with Crippen LogP contribution in [-0.4, -0.2) is 13.2 Å². The number of nitrogens with one attached hydrogen (secondary N) is 1. The van der Waals surface area contributed by atoms with Gasteiger partial charge in [0.1, 0.15) is 5.75 Å². The van der Waals surface area contributed by atoms with Gasteiger partial charge in [0.2, 0.25) is 0 Å². The zero-order chi connectivity index (χ0) is 15.2. The first-order valence-corrected chi connectivity index (χ1v) is 9.52. The van der Waals surface area contributed by atoms with Crippen molar-refractivity contribution < 1.29 is 4.74 Å². The zero-order valence-electron chi connectivity index (χ0n) is 12.2. The molecule has 1 N–H and O–H groups in total. The first-order chi connectivity index (χ1) is 10.2. The van der Waals surface area contributed by atoms with E-state index in [0.29, 0.717) is 6.61 Å². The standard InChI is InChI=1S/C16H19Br2NOS/c1-3-8-19-15(16-12(17)7-9-21-16)11-5-6-14(20-4-2)13(18)10-11/h5-7,9-10,15,19H,3-4,8H2,1-2H3. The lowest BCUT2D eigenvalue weighted by Crippen LogP contribution is -2.22. The largest absolute Gasteiger partial charge is 0.493 e. The maximum absolute atomic E-state index is 5.59. The number of hydrogen-bond donors (Lipinski definition) is 1. The van der Waals surface area contributed by atoms with Crippen LogP contribution >= 0.6 is 43.2 Å². The summed E-state index contributed by atoms with van der Waals surface area (Å²) >= 11 is 9.02. The number of thiophene rings is 1. The molecule has 0 radical (unpaired) electrons. The second kappa shape index (κ2) is 8.32. The van der Waals surface area contributed by atoms with E-state index in [-0.39, 0.29) is 6.04 Å². The second-order valence-corrected chi connectivity index (χ2v) is 7.30. The predicted molar refractivity (Wildman–Crippen MR) is 97.5 cm³/mol. The predicted octanol–water partition coefficient (Wildman–Crippen LogP) is 5.76. The molecule has 0 spiro atoms. The van der Waals surface area contributed by atoms with Gasteiger partial charge in [-0.25, -0.2) is 0 Å². The SMILES string of the molecule is CCCNC(c1ccc(OCC)c(Br)c1)c1sccc1Br. The summed E-state index contributed by atoms with van der Waals surface area (Å²) in [5.41, 5.74) is 1.24. The van der Waals surface area contributed by atoms with Gasteiger partial charge in [0.15, 0.2) is 0 Å². The maximum Gasteiger partial charge on any atom is 0.133 e. The van der Waals surface area contributed by atoms with E-state index < -0.39 is 0 Å². The number of rotatable bonds is 7. The lowest BCUT2D eigenvalue weighted by molar-refractivity contribution is 0.338. The van der Waals surface area contributed by atoms with Crippen LogP contribution in [0.1, 0.15) is 36.8 Å². The smallest absolute Gasteiger partial charge is 0.133 e. The molecule has 0 fully saturated rings. The molecule has 21 heavy (non-hydrogen) atoms. The molecule has 0 bridgehead atoms. The molecule has 1 unspecified atom stereocenters. The average molecular weight is 433 g/mol. The van der Waals surface area contributed by atoms with Gasteiger partial charge in [0, 0.05) is 9.35 Å². The van der Waals surface area contributed by atoms with Gasteiger partial charge in [-0.15, -0.1) is 11.3 Å². The Kier molecular flexibility index (Phi) is 6.74. The fraction of sp³-hybridized carbons (Fsp3) is 0.375. The van der Waals surface area contributed by atoms with Gasteiger partial charge >= 0.3 is 0 Å². The van der Waals surface area contributed by atoms with E-state index in [2.05, 4.69) is 67.7 Å². The van der Waals surface area contributed by atoms with Crippen LogP contribution < -0.4 is 10.1 Å². The van der Waals surface area contributed by atoms with Crippen LogP contribution in [0, 0.1) is 0 Å². The van der Waals surface area contributed by atoms with Gasteiger partial charge < -0.3 is 10.1 Å². The molecule has 0 saturated carbocycles.